The number of hydrogen-bond donors (Lipinski definition) is 1. The minimum Gasteiger partial charge on any atom is -0.485 e. The Morgan fingerprint density at radius 1 is 1.41 bits per heavy atom. The summed E-state index contributed by atoms with van der Waals surface area (Å²) < 4.78 is 15.3. The molecule has 1 atom stereocenters. The van der Waals surface area contributed by atoms with Crippen molar-refractivity contribution in [3.8, 4) is 17.2 Å². The molecule has 6 nitrogen and oxygen atoms in total. The highest BCUT2D eigenvalue weighted by Crippen LogP contribution is 2.35. The fourth-order valence-electron chi connectivity index (χ4n) is 1.40. The van der Waals surface area contributed by atoms with Gasteiger partial charge >= 0.3 is 11.9 Å². The van der Waals surface area contributed by atoms with E-state index in [9.17, 15) is 9.59 Å². The van der Waals surface area contributed by atoms with Crippen LogP contribution in [-0.4, -0.2) is 29.8 Å². The average molecular weight is 238 g/mol. The summed E-state index contributed by atoms with van der Waals surface area (Å²) in [7, 11) is 0. The van der Waals surface area contributed by atoms with E-state index in [2.05, 4.69) is 0 Å². The predicted octanol–water partition coefficient (Wildman–Crippen LogP) is 0.836. The lowest BCUT2D eigenvalue weighted by atomic mass is 10.2. The molecule has 1 aromatic carbocycles. The Hall–Kier alpha value is -2.24. The van der Waals surface area contributed by atoms with Crippen LogP contribution in [0.3, 0.4) is 0 Å². The summed E-state index contributed by atoms with van der Waals surface area (Å²) in [6, 6.07) is 4.53. The van der Waals surface area contributed by atoms with E-state index in [0.717, 1.165) is 0 Å². The summed E-state index contributed by atoms with van der Waals surface area (Å²) in [5, 5.41) is 8.79. The van der Waals surface area contributed by atoms with Crippen LogP contribution in [-0.2, 0) is 9.59 Å². The molecular formula is C11H10O6. The molecule has 1 aromatic rings. The first-order valence-electron chi connectivity index (χ1n) is 4.91. The van der Waals surface area contributed by atoms with Gasteiger partial charge in [0, 0.05) is 13.0 Å². The molecule has 0 bridgehead atoms. The fraction of sp³-hybridized carbons (Fsp3) is 0.273. The van der Waals surface area contributed by atoms with Crippen molar-refractivity contribution < 1.29 is 28.9 Å². The van der Waals surface area contributed by atoms with Gasteiger partial charge in [-0.05, 0) is 12.1 Å². The highest BCUT2D eigenvalue weighted by molar-refractivity contribution is 5.74. The normalized spacial score (nSPS) is 17.4. The molecule has 17 heavy (non-hydrogen) atoms. The van der Waals surface area contributed by atoms with Crippen molar-refractivity contribution >= 4 is 11.9 Å². The molecule has 1 heterocycles. The van der Waals surface area contributed by atoms with Crippen molar-refractivity contribution in [3.05, 3.63) is 18.2 Å². The number of carbonyl (C=O) groups is 2. The van der Waals surface area contributed by atoms with E-state index in [1.165, 1.54) is 13.0 Å². The van der Waals surface area contributed by atoms with E-state index in [-0.39, 0.29) is 18.1 Å². The molecule has 0 spiro atoms. The highest BCUT2D eigenvalue weighted by atomic mass is 16.6. The molecule has 6 heteroatoms. The predicted molar refractivity (Wildman–Crippen MR) is 55.3 cm³/mol. The van der Waals surface area contributed by atoms with Gasteiger partial charge < -0.3 is 19.3 Å². The molecule has 0 fully saturated rings. The van der Waals surface area contributed by atoms with Crippen molar-refractivity contribution in [1.29, 1.82) is 0 Å². The number of carboxylic acids is 1. The van der Waals surface area contributed by atoms with Crippen LogP contribution in [0.4, 0.5) is 0 Å². The third-order valence-corrected chi connectivity index (χ3v) is 2.11. The van der Waals surface area contributed by atoms with Gasteiger partial charge in [-0.2, -0.15) is 0 Å². The van der Waals surface area contributed by atoms with Crippen LogP contribution in [0, 0.1) is 0 Å². The Labute approximate surface area is 96.7 Å². The lowest BCUT2D eigenvalue weighted by Crippen LogP contribution is -2.36. The maximum absolute atomic E-state index is 10.8. The zero-order chi connectivity index (χ0) is 12.4. The molecule has 1 N–H and O–H groups in total. The summed E-state index contributed by atoms with van der Waals surface area (Å²) in [6.45, 7) is 1.23. The fourth-order valence-corrected chi connectivity index (χ4v) is 1.40. The van der Waals surface area contributed by atoms with E-state index >= 15 is 0 Å². The maximum Gasteiger partial charge on any atom is 0.348 e. The lowest BCUT2D eigenvalue weighted by Gasteiger charge is -2.23. The van der Waals surface area contributed by atoms with Crippen molar-refractivity contribution in [2.45, 2.75) is 13.0 Å². The molecule has 90 valence electrons. The Morgan fingerprint density at radius 2 is 2.18 bits per heavy atom. The number of carbonyl (C=O) groups excluding carboxylic acids is 1. The van der Waals surface area contributed by atoms with Gasteiger partial charge in [0.15, 0.2) is 11.5 Å². The minimum absolute atomic E-state index is 0.0464. The van der Waals surface area contributed by atoms with Gasteiger partial charge in [-0.15, -0.1) is 0 Å². The summed E-state index contributed by atoms with van der Waals surface area (Å²) in [6.07, 6.45) is -1.05. The van der Waals surface area contributed by atoms with Crippen molar-refractivity contribution in [2.75, 3.05) is 6.61 Å². The molecule has 2 rings (SSSR count). The Bertz CT molecular complexity index is 467. The third-order valence-electron chi connectivity index (χ3n) is 2.11. The first-order valence-corrected chi connectivity index (χ1v) is 4.91. The first kappa shape index (κ1) is 11.3. The van der Waals surface area contributed by atoms with Crippen LogP contribution in [0.1, 0.15) is 6.92 Å². The Kier molecular flexibility index (Phi) is 2.86. The van der Waals surface area contributed by atoms with Gasteiger partial charge in [-0.25, -0.2) is 4.79 Å². The standard InChI is InChI=1S/C11H10O6/c1-6(12)16-7-2-3-8-9(4-7)17-10(5-15-8)11(13)14/h2-4,10H,5H2,1H3,(H,13,14). The molecule has 0 amide bonds. The zero-order valence-electron chi connectivity index (χ0n) is 9.00. The largest absolute Gasteiger partial charge is 0.485 e. The molecule has 1 aliphatic heterocycles. The summed E-state index contributed by atoms with van der Waals surface area (Å²) in [5.74, 6) is -0.600. The molecule has 0 saturated carbocycles. The van der Waals surface area contributed by atoms with E-state index in [0.29, 0.717) is 5.75 Å². The van der Waals surface area contributed by atoms with Crippen LogP contribution in [0.5, 0.6) is 17.2 Å². The highest BCUT2D eigenvalue weighted by Gasteiger charge is 2.27. The second-order valence-electron chi connectivity index (χ2n) is 3.46. The molecule has 0 aromatic heterocycles. The van der Waals surface area contributed by atoms with Crippen LogP contribution >= 0.6 is 0 Å². The van der Waals surface area contributed by atoms with Crippen LogP contribution in [0.15, 0.2) is 18.2 Å². The monoisotopic (exact) mass is 238 g/mol. The second-order valence-corrected chi connectivity index (χ2v) is 3.46. The van der Waals surface area contributed by atoms with Crippen molar-refractivity contribution in [2.24, 2.45) is 0 Å². The van der Waals surface area contributed by atoms with E-state index in [1.54, 1.807) is 12.1 Å². The summed E-state index contributed by atoms with van der Waals surface area (Å²) >= 11 is 0. The number of carboxylic acid groups (broad SMARTS) is 1. The van der Waals surface area contributed by atoms with Gasteiger partial charge in [0.25, 0.3) is 0 Å². The molecule has 1 unspecified atom stereocenters. The van der Waals surface area contributed by atoms with E-state index in [1.807, 2.05) is 0 Å². The number of aliphatic carboxylic acids is 1. The smallest absolute Gasteiger partial charge is 0.348 e. The molecule has 0 aliphatic carbocycles. The molecule has 0 radical (unpaired) electrons. The van der Waals surface area contributed by atoms with Gasteiger partial charge in [-0.1, -0.05) is 0 Å². The first-order chi connectivity index (χ1) is 8.06. The minimum atomic E-state index is -1.10. The topological polar surface area (TPSA) is 82.1 Å². The zero-order valence-corrected chi connectivity index (χ0v) is 9.00. The second kappa shape index (κ2) is 4.32. The number of esters is 1. The number of ether oxygens (including phenoxy) is 3. The van der Waals surface area contributed by atoms with E-state index in [4.69, 9.17) is 19.3 Å². The molecule has 1 aliphatic rings. The number of benzene rings is 1. The maximum atomic E-state index is 10.8. The quantitative estimate of drug-likeness (QED) is 0.607. The Morgan fingerprint density at radius 3 is 2.82 bits per heavy atom. The number of rotatable bonds is 2. The Balaban J connectivity index is 2.22. The van der Waals surface area contributed by atoms with Gasteiger partial charge in [-0.3, -0.25) is 4.79 Å². The average Bonchev–Trinajstić information content (AvgIpc) is 2.27. The number of fused-ring (bicyclic) bond motifs is 1. The number of hydrogen-bond acceptors (Lipinski definition) is 5. The summed E-state index contributed by atoms with van der Waals surface area (Å²) in [4.78, 5) is 21.5. The molecule has 0 saturated heterocycles. The van der Waals surface area contributed by atoms with E-state index < -0.39 is 18.0 Å². The third kappa shape index (κ3) is 2.47. The van der Waals surface area contributed by atoms with Gasteiger partial charge in [0.1, 0.15) is 12.4 Å². The van der Waals surface area contributed by atoms with Gasteiger partial charge in [0.05, 0.1) is 0 Å². The van der Waals surface area contributed by atoms with Crippen LogP contribution in [0.25, 0.3) is 0 Å². The van der Waals surface area contributed by atoms with Crippen molar-refractivity contribution in [1.82, 2.24) is 0 Å². The summed E-state index contributed by atoms with van der Waals surface area (Å²) in [5.41, 5.74) is 0. The molecular weight excluding hydrogens is 228 g/mol. The van der Waals surface area contributed by atoms with Crippen molar-refractivity contribution in [3.63, 3.8) is 0 Å². The van der Waals surface area contributed by atoms with Gasteiger partial charge in [0.2, 0.25) is 6.10 Å². The SMILES string of the molecule is CC(=O)Oc1ccc2c(c1)OC(C(=O)O)CO2. The lowest BCUT2D eigenvalue weighted by molar-refractivity contribution is -0.147. The van der Waals surface area contributed by atoms with Crippen LogP contribution in [0.2, 0.25) is 0 Å². The van der Waals surface area contributed by atoms with Crippen LogP contribution < -0.4 is 14.2 Å².